The second kappa shape index (κ2) is 5.52. The largest absolute Gasteiger partial charge is 0.352 e. The van der Waals surface area contributed by atoms with Gasteiger partial charge in [0, 0.05) is 38.6 Å². The monoisotopic (exact) mass is 261 g/mol. The van der Waals surface area contributed by atoms with Crippen molar-refractivity contribution in [3.8, 4) is 0 Å². The number of hydrogen-bond acceptors (Lipinski definition) is 5. The zero-order valence-corrected chi connectivity index (χ0v) is 11.0. The molecule has 0 radical (unpaired) electrons. The summed E-state index contributed by atoms with van der Waals surface area (Å²) < 4.78 is 0. The van der Waals surface area contributed by atoms with Crippen LogP contribution >= 0.6 is 0 Å². The number of amides is 1. The molecule has 0 aliphatic carbocycles. The first kappa shape index (κ1) is 12.3. The molecule has 1 aromatic heterocycles. The van der Waals surface area contributed by atoms with Gasteiger partial charge in [0.1, 0.15) is 5.82 Å². The number of hydrogen-bond donors (Lipinski definition) is 1. The van der Waals surface area contributed by atoms with Gasteiger partial charge < -0.3 is 15.1 Å². The summed E-state index contributed by atoms with van der Waals surface area (Å²) in [5.41, 5.74) is 0. The lowest BCUT2D eigenvalue weighted by atomic mass is 10.2. The van der Waals surface area contributed by atoms with E-state index < -0.39 is 0 Å². The van der Waals surface area contributed by atoms with Crippen LogP contribution in [0.1, 0.15) is 12.8 Å². The minimum atomic E-state index is 0.0445. The Morgan fingerprint density at radius 2 is 2.11 bits per heavy atom. The molecule has 6 heteroatoms. The SMILES string of the molecule is O=C([C@@H]1CCCN1)N1CCN(c2cnccn2)CC1. The predicted molar refractivity (Wildman–Crippen MR) is 71.8 cm³/mol. The molecule has 0 bridgehead atoms. The molecule has 2 aliphatic rings. The van der Waals surface area contributed by atoms with E-state index in [0.29, 0.717) is 0 Å². The molecule has 1 atom stereocenters. The van der Waals surface area contributed by atoms with Crippen LogP contribution in [-0.2, 0) is 4.79 Å². The maximum atomic E-state index is 12.3. The van der Waals surface area contributed by atoms with Crippen LogP contribution in [-0.4, -0.2) is 59.5 Å². The molecule has 0 saturated carbocycles. The van der Waals surface area contributed by atoms with Crippen molar-refractivity contribution >= 4 is 11.7 Å². The van der Waals surface area contributed by atoms with Gasteiger partial charge in [-0.05, 0) is 19.4 Å². The van der Waals surface area contributed by atoms with Crippen molar-refractivity contribution in [1.29, 1.82) is 0 Å². The van der Waals surface area contributed by atoms with Gasteiger partial charge in [-0.15, -0.1) is 0 Å². The fraction of sp³-hybridized carbons (Fsp3) is 0.615. The first-order chi connectivity index (χ1) is 9.34. The summed E-state index contributed by atoms with van der Waals surface area (Å²) in [5, 5.41) is 3.27. The standard InChI is InChI=1S/C13H19N5O/c19-13(11-2-1-3-15-11)18-8-6-17(7-9-18)12-10-14-4-5-16-12/h4-5,10-11,15H,1-3,6-9H2/t11-/m0/s1. The Bertz CT molecular complexity index is 424. The summed E-state index contributed by atoms with van der Waals surface area (Å²) >= 11 is 0. The highest BCUT2D eigenvalue weighted by Crippen LogP contribution is 2.14. The van der Waals surface area contributed by atoms with E-state index in [2.05, 4.69) is 20.2 Å². The Balaban J connectivity index is 1.56. The fourth-order valence-electron chi connectivity index (χ4n) is 2.73. The molecule has 1 N–H and O–H groups in total. The molecule has 2 aliphatic heterocycles. The number of nitrogens with one attached hydrogen (secondary N) is 1. The molecule has 0 spiro atoms. The third-order valence-electron chi connectivity index (χ3n) is 3.82. The van der Waals surface area contributed by atoms with Gasteiger partial charge in [-0.2, -0.15) is 0 Å². The molecule has 2 saturated heterocycles. The summed E-state index contributed by atoms with van der Waals surface area (Å²) in [6.07, 6.45) is 7.24. The minimum Gasteiger partial charge on any atom is -0.352 e. The maximum absolute atomic E-state index is 12.3. The van der Waals surface area contributed by atoms with E-state index in [4.69, 9.17) is 0 Å². The predicted octanol–water partition coefficient (Wildman–Crippen LogP) is -0.123. The van der Waals surface area contributed by atoms with E-state index in [1.54, 1.807) is 18.6 Å². The topological polar surface area (TPSA) is 61.4 Å². The van der Waals surface area contributed by atoms with E-state index in [9.17, 15) is 4.79 Å². The van der Waals surface area contributed by atoms with E-state index in [1.165, 1.54) is 0 Å². The van der Waals surface area contributed by atoms with Crippen molar-refractivity contribution < 1.29 is 4.79 Å². The van der Waals surface area contributed by atoms with Gasteiger partial charge in [0.25, 0.3) is 0 Å². The quantitative estimate of drug-likeness (QED) is 0.804. The third kappa shape index (κ3) is 2.68. The first-order valence-corrected chi connectivity index (χ1v) is 6.88. The Morgan fingerprint density at radius 3 is 2.74 bits per heavy atom. The molecule has 0 unspecified atom stereocenters. The average molecular weight is 261 g/mol. The van der Waals surface area contributed by atoms with Gasteiger partial charge in [0.15, 0.2) is 0 Å². The molecule has 1 aromatic rings. The summed E-state index contributed by atoms with van der Waals surface area (Å²) in [5.74, 6) is 1.16. The zero-order chi connectivity index (χ0) is 13.1. The van der Waals surface area contributed by atoms with Gasteiger partial charge in [-0.1, -0.05) is 0 Å². The van der Waals surface area contributed by atoms with E-state index in [1.807, 2.05) is 4.90 Å². The molecule has 3 rings (SSSR count). The van der Waals surface area contributed by atoms with Gasteiger partial charge in [-0.25, -0.2) is 4.98 Å². The molecule has 6 nitrogen and oxygen atoms in total. The lowest BCUT2D eigenvalue weighted by Gasteiger charge is -2.36. The Labute approximate surface area is 112 Å². The van der Waals surface area contributed by atoms with Crippen molar-refractivity contribution in [3.05, 3.63) is 18.6 Å². The van der Waals surface area contributed by atoms with Crippen LogP contribution in [0.25, 0.3) is 0 Å². The first-order valence-electron chi connectivity index (χ1n) is 6.88. The zero-order valence-electron chi connectivity index (χ0n) is 11.0. The fourth-order valence-corrected chi connectivity index (χ4v) is 2.73. The molecule has 1 amide bonds. The van der Waals surface area contributed by atoms with E-state index >= 15 is 0 Å². The van der Waals surface area contributed by atoms with Gasteiger partial charge in [0.05, 0.1) is 12.2 Å². The molecule has 2 fully saturated rings. The normalized spacial score (nSPS) is 23.7. The van der Waals surface area contributed by atoms with Crippen molar-refractivity contribution in [2.45, 2.75) is 18.9 Å². The Hall–Kier alpha value is -1.69. The highest BCUT2D eigenvalue weighted by molar-refractivity contribution is 5.82. The van der Waals surface area contributed by atoms with Crippen LogP contribution in [0, 0.1) is 0 Å². The van der Waals surface area contributed by atoms with Crippen molar-refractivity contribution in [1.82, 2.24) is 20.2 Å². The van der Waals surface area contributed by atoms with Crippen molar-refractivity contribution in [3.63, 3.8) is 0 Å². The molecular weight excluding hydrogens is 242 g/mol. The van der Waals surface area contributed by atoms with Gasteiger partial charge >= 0.3 is 0 Å². The van der Waals surface area contributed by atoms with E-state index in [-0.39, 0.29) is 11.9 Å². The number of carbonyl (C=O) groups excluding carboxylic acids is 1. The number of anilines is 1. The summed E-state index contributed by atoms with van der Waals surface area (Å²) in [6.45, 7) is 4.17. The molecule has 102 valence electrons. The minimum absolute atomic E-state index is 0.0445. The van der Waals surface area contributed by atoms with Crippen LogP contribution < -0.4 is 10.2 Å². The number of piperazine rings is 1. The molecule has 0 aromatic carbocycles. The average Bonchev–Trinajstić information content (AvgIpc) is 3.02. The second-order valence-electron chi connectivity index (χ2n) is 5.02. The van der Waals surface area contributed by atoms with Crippen LogP contribution in [0.15, 0.2) is 18.6 Å². The van der Waals surface area contributed by atoms with Crippen LogP contribution in [0.2, 0.25) is 0 Å². The summed E-state index contributed by atoms with van der Waals surface area (Å²) in [6, 6.07) is 0.0445. The molecule has 3 heterocycles. The third-order valence-corrected chi connectivity index (χ3v) is 3.82. The highest BCUT2D eigenvalue weighted by Gasteiger charge is 2.29. The van der Waals surface area contributed by atoms with Crippen molar-refractivity contribution in [2.75, 3.05) is 37.6 Å². The Kier molecular flexibility index (Phi) is 3.59. The lowest BCUT2D eigenvalue weighted by molar-refractivity contribution is -0.133. The number of carbonyl (C=O) groups is 1. The highest BCUT2D eigenvalue weighted by atomic mass is 16.2. The maximum Gasteiger partial charge on any atom is 0.239 e. The van der Waals surface area contributed by atoms with Gasteiger partial charge in [-0.3, -0.25) is 9.78 Å². The summed E-state index contributed by atoms with van der Waals surface area (Å²) in [4.78, 5) is 24.8. The van der Waals surface area contributed by atoms with Crippen LogP contribution in [0.4, 0.5) is 5.82 Å². The number of rotatable bonds is 2. The number of nitrogens with zero attached hydrogens (tertiary/aromatic N) is 4. The van der Waals surface area contributed by atoms with Gasteiger partial charge in [0.2, 0.25) is 5.91 Å². The second-order valence-corrected chi connectivity index (χ2v) is 5.02. The van der Waals surface area contributed by atoms with Crippen LogP contribution in [0.5, 0.6) is 0 Å². The number of aromatic nitrogens is 2. The van der Waals surface area contributed by atoms with E-state index in [0.717, 1.165) is 51.4 Å². The van der Waals surface area contributed by atoms with Crippen molar-refractivity contribution in [2.24, 2.45) is 0 Å². The van der Waals surface area contributed by atoms with Crippen LogP contribution in [0.3, 0.4) is 0 Å². The Morgan fingerprint density at radius 1 is 1.26 bits per heavy atom. The molecule has 19 heavy (non-hydrogen) atoms. The lowest BCUT2D eigenvalue weighted by Crippen LogP contribution is -2.53. The smallest absolute Gasteiger partial charge is 0.239 e. The molecular formula is C13H19N5O. The summed E-state index contributed by atoms with van der Waals surface area (Å²) in [7, 11) is 0.